The van der Waals surface area contributed by atoms with E-state index < -0.39 is 35.6 Å². The van der Waals surface area contributed by atoms with Crippen molar-refractivity contribution in [3.8, 4) is 5.75 Å². The second-order valence-electron chi connectivity index (χ2n) is 5.15. The summed E-state index contributed by atoms with van der Waals surface area (Å²) in [7, 11) is 0. The van der Waals surface area contributed by atoms with Crippen molar-refractivity contribution >= 4 is 47.4 Å². The van der Waals surface area contributed by atoms with Crippen molar-refractivity contribution in [2.75, 3.05) is 13.2 Å². The monoisotopic (exact) mass is 377 g/mol. The van der Waals surface area contributed by atoms with Crippen LogP contribution in [0.4, 0.5) is 4.39 Å². The maximum absolute atomic E-state index is 13.7. The zero-order valence-corrected chi connectivity index (χ0v) is 14.0. The van der Waals surface area contributed by atoms with Gasteiger partial charge in [-0.2, -0.15) is 0 Å². The topological polar surface area (TPSA) is 102 Å². The van der Waals surface area contributed by atoms with Crippen LogP contribution in [0.15, 0.2) is 30.9 Å². The molecule has 9 heteroatoms. The molecule has 1 rings (SSSR count). The van der Waals surface area contributed by atoms with E-state index in [9.17, 15) is 23.9 Å². The van der Waals surface area contributed by atoms with Crippen LogP contribution in [0.5, 0.6) is 5.75 Å². The van der Waals surface area contributed by atoms with Gasteiger partial charge in [-0.1, -0.05) is 18.7 Å². The first kappa shape index (κ1) is 24.1. The number of rotatable bonds is 9. The van der Waals surface area contributed by atoms with E-state index in [-0.39, 0.29) is 54.1 Å². The molecule has 7 nitrogen and oxygen atoms in total. The van der Waals surface area contributed by atoms with Gasteiger partial charge in [-0.3, -0.25) is 4.79 Å². The van der Waals surface area contributed by atoms with Crippen molar-refractivity contribution in [3.05, 3.63) is 42.2 Å². The second kappa shape index (κ2) is 10.9. The molecule has 1 atom stereocenters. The van der Waals surface area contributed by atoms with Crippen LogP contribution in [0.2, 0.25) is 0 Å². The molecule has 0 saturated heterocycles. The average Bonchev–Trinajstić information content (AvgIpc) is 2.54. The summed E-state index contributed by atoms with van der Waals surface area (Å²) < 4.78 is 23.7. The van der Waals surface area contributed by atoms with Gasteiger partial charge in [0.05, 0.1) is 6.61 Å². The molecule has 0 fully saturated rings. The van der Waals surface area contributed by atoms with Crippen molar-refractivity contribution in [2.45, 2.75) is 25.8 Å². The molecule has 1 aromatic rings. The number of carboxylic acids is 1. The average molecular weight is 377 g/mol. The van der Waals surface area contributed by atoms with Crippen molar-refractivity contribution in [3.63, 3.8) is 0 Å². The number of amides is 1. The van der Waals surface area contributed by atoms with Crippen LogP contribution < -0.4 is 10.1 Å². The molecule has 0 heterocycles. The van der Waals surface area contributed by atoms with Crippen LogP contribution in [0.3, 0.4) is 0 Å². The van der Waals surface area contributed by atoms with E-state index in [4.69, 9.17) is 9.47 Å². The fourth-order valence-corrected chi connectivity index (χ4v) is 2.16. The number of aliphatic carboxylic acids is 1. The normalized spacial score (nSPS) is 12.1. The van der Waals surface area contributed by atoms with E-state index in [1.165, 1.54) is 25.1 Å². The van der Waals surface area contributed by atoms with Gasteiger partial charge in [0, 0.05) is 13.3 Å². The summed E-state index contributed by atoms with van der Waals surface area (Å²) in [5.41, 5.74) is -2.06. The van der Waals surface area contributed by atoms with Crippen LogP contribution in [-0.2, 0) is 25.5 Å². The molecule has 0 saturated carbocycles. The fraction of sp³-hybridized carbons (Fsp3) is 0.353. The molecule has 0 spiro atoms. The Morgan fingerprint density at radius 3 is 2.54 bits per heavy atom. The SMILES string of the molecule is C=CCOc1cc(CC(NC(C)=O)(C(=O)O)C(=O)OCC)ccc1F.[NaH]. The summed E-state index contributed by atoms with van der Waals surface area (Å²) in [6.45, 7) is 6.03. The number of carbonyl (C=O) groups is 3. The van der Waals surface area contributed by atoms with Crippen LogP contribution in [0.25, 0.3) is 0 Å². The Bertz CT molecular complexity index is 681. The Labute approximate surface area is 172 Å². The Hall–Kier alpha value is -1.90. The van der Waals surface area contributed by atoms with Crippen LogP contribution in [0.1, 0.15) is 19.4 Å². The Balaban J connectivity index is 0.00000625. The van der Waals surface area contributed by atoms with E-state index in [0.29, 0.717) is 0 Å². The van der Waals surface area contributed by atoms with Crippen molar-refractivity contribution in [1.82, 2.24) is 5.32 Å². The Kier molecular flexibility index (Phi) is 10.1. The van der Waals surface area contributed by atoms with Gasteiger partial charge in [0.15, 0.2) is 11.6 Å². The quantitative estimate of drug-likeness (QED) is 0.286. The fourth-order valence-electron chi connectivity index (χ4n) is 2.16. The molecule has 0 aliphatic carbocycles. The zero-order chi connectivity index (χ0) is 19.0. The summed E-state index contributed by atoms with van der Waals surface area (Å²) in [6, 6.07) is 3.64. The number of carboxylic acid groups (broad SMARTS) is 1. The van der Waals surface area contributed by atoms with Crippen LogP contribution in [-0.4, -0.2) is 71.3 Å². The molecule has 0 bridgehead atoms. The Morgan fingerprint density at radius 1 is 1.38 bits per heavy atom. The first-order chi connectivity index (χ1) is 11.8. The van der Waals surface area contributed by atoms with Gasteiger partial charge in [0.2, 0.25) is 11.4 Å². The predicted molar refractivity (Wildman–Crippen MR) is 93.8 cm³/mol. The first-order valence-electron chi connectivity index (χ1n) is 7.48. The molecule has 1 aromatic carbocycles. The number of halogens is 1. The first-order valence-corrected chi connectivity index (χ1v) is 7.48. The van der Waals surface area contributed by atoms with Crippen LogP contribution >= 0.6 is 0 Å². The number of hydrogen-bond acceptors (Lipinski definition) is 5. The predicted octanol–water partition coefficient (Wildman–Crippen LogP) is 0.807. The molecule has 1 amide bonds. The molecule has 2 N–H and O–H groups in total. The molecular formula is C17H21FNNaO6. The molecule has 0 aliphatic heterocycles. The van der Waals surface area contributed by atoms with Crippen LogP contribution in [0, 0.1) is 5.82 Å². The molecule has 138 valence electrons. The number of benzene rings is 1. The van der Waals surface area contributed by atoms with Crippen molar-refractivity contribution < 1.29 is 33.4 Å². The van der Waals surface area contributed by atoms with E-state index in [1.807, 2.05) is 0 Å². The Morgan fingerprint density at radius 2 is 2.04 bits per heavy atom. The van der Waals surface area contributed by atoms with E-state index in [0.717, 1.165) is 13.0 Å². The van der Waals surface area contributed by atoms with Gasteiger partial charge in [-0.05, 0) is 24.6 Å². The van der Waals surface area contributed by atoms with Gasteiger partial charge in [-0.15, -0.1) is 0 Å². The van der Waals surface area contributed by atoms with Crippen molar-refractivity contribution in [2.24, 2.45) is 0 Å². The minimum absolute atomic E-state index is 0. The summed E-state index contributed by atoms with van der Waals surface area (Å²) in [4.78, 5) is 35.4. The summed E-state index contributed by atoms with van der Waals surface area (Å²) in [6.07, 6.45) is 0.981. The van der Waals surface area contributed by atoms with Gasteiger partial charge in [0.25, 0.3) is 0 Å². The molecule has 1 unspecified atom stereocenters. The molecule has 26 heavy (non-hydrogen) atoms. The summed E-state index contributed by atoms with van der Waals surface area (Å²) in [5, 5.41) is 11.7. The molecule has 0 radical (unpaired) electrons. The summed E-state index contributed by atoms with van der Waals surface area (Å²) >= 11 is 0. The van der Waals surface area contributed by atoms with Gasteiger partial charge >= 0.3 is 41.5 Å². The van der Waals surface area contributed by atoms with E-state index >= 15 is 0 Å². The second-order valence-corrected chi connectivity index (χ2v) is 5.15. The third-order valence-electron chi connectivity index (χ3n) is 3.20. The number of nitrogens with one attached hydrogen (secondary N) is 1. The van der Waals surface area contributed by atoms with E-state index in [1.54, 1.807) is 0 Å². The van der Waals surface area contributed by atoms with Gasteiger partial charge in [-0.25, -0.2) is 14.0 Å². The van der Waals surface area contributed by atoms with Gasteiger partial charge < -0.3 is 19.9 Å². The standard InChI is InChI=1S/C17H20FNO6.Na.H/c1-4-8-25-14-9-12(6-7-13(14)18)10-17(15(21)22,19-11(3)20)16(23)24-5-2;;/h4,6-7,9H,1,5,8,10H2,2-3H3,(H,19,20)(H,21,22);;. The zero-order valence-electron chi connectivity index (χ0n) is 14.0. The minimum atomic E-state index is -2.32. The third kappa shape index (κ3) is 6.12. The molecule has 0 aliphatic rings. The number of carbonyl (C=O) groups excluding carboxylic acids is 2. The number of hydrogen-bond donors (Lipinski definition) is 2. The molecule has 0 aromatic heterocycles. The van der Waals surface area contributed by atoms with E-state index in [2.05, 4.69) is 11.9 Å². The van der Waals surface area contributed by atoms with Crippen molar-refractivity contribution in [1.29, 1.82) is 0 Å². The third-order valence-corrected chi connectivity index (χ3v) is 3.20. The molecular weight excluding hydrogens is 356 g/mol. The maximum atomic E-state index is 13.7. The summed E-state index contributed by atoms with van der Waals surface area (Å²) in [5.74, 6) is -4.19. The number of esters is 1. The van der Waals surface area contributed by atoms with Gasteiger partial charge in [0.1, 0.15) is 6.61 Å². The number of ether oxygens (including phenoxy) is 2.